The van der Waals surface area contributed by atoms with Crippen molar-refractivity contribution >= 4 is 46.4 Å². The number of amides is 2. The summed E-state index contributed by atoms with van der Waals surface area (Å²) >= 11 is 12.0. The first-order valence-corrected chi connectivity index (χ1v) is 11.9. The molecule has 3 aromatic carbocycles. The van der Waals surface area contributed by atoms with Crippen molar-refractivity contribution in [1.82, 2.24) is 5.43 Å². The molecule has 0 bridgehead atoms. The maximum atomic E-state index is 12.7. The molecule has 1 fully saturated rings. The van der Waals surface area contributed by atoms with Gasteiger partial charge in [-0.05, 0) is 54.1 Å². The summed E-state index contributed by atoms with van der Waals surface area (Å²) in [5.74, 6) is 0.838. The van der Waals surface area contributed by atoms with Crippen LogP contribution in [0.15, 0.2) is 60.7 Å². The molecule has 0 unspecified atom stereocenters. The van der Waals surface area contributed by atoms with Crippen LogP contribution in [0, 0.1) is 5.92 Å². The molecule has 8 nitrogen and oxygen atoms in total. The Balaban J connectivity index is 1.33. The number of carbonyl (C=O) groups is 2. The second kappa shape index (κ2) is 11.4. The zero-order valence-electron chi connectivity index (χ0n) is 19.7. The number of ether oxygens (including phenoxy) is 3. The van der Waals surface area contributed by atoms with Crippen molar-refractivity contribution in [2.75, 3.05) is 31.1 Å². The maximum absolute atomic E-state index is 12.7. The minimum atomic E-state index is -0.484. The van der Waals surface area contributed by atoms with Crippen LogP contribution >= 0.6 is 23.2 Å². The molecule has 0 aliphatic carbocycles. The molecular weight excluding hydrogens is 505 g/mol. The molecule has 1 saturated heterocycles. The number of nitrogens with zero attached hydrogens (tertiary/aromatic N) is 1. The van der Waals surface area contributed by atoms with Gasteiger partial charge in [-0.25, -0.2) is 0 Å². The minimum Gasteiger partial charge on any atom is -0.497 e. The number of methoxy groups -OCH3 is 2. The van der Waals surface area contributed by atoms with Gasteiger partial charge in [0.15, 0.2) is 11.5 Å². The van der Waals surface area contributed by atoms with Gasteiger partial charge >= 0.3 is 0 Å². The molecular formula is C26H25Cl2N3O5. The van der Waals surface area contributed by atoms with Crippen molar-refractivity contribution in [3.63, 3.8) is 0 Å². The number of carbonyl (C=O) groups excluding carboxylic acids is 2. The molecule has 0 radical (unpaired) electrons. The van der Waals surface area contributed by atoms with Gasteiger partial charge in [-0.1, -0.05) is 29.3 Å². The van der Waals surface area contributed by atoms with E-state index in [4.69, 9.17) is 37.4 Å². The summed E-state index contributed by atoms with van der Waals surface area (Å²) in [5.41, 5.74) is 7.74. The van der Waals surface area contributed by atoms with Gasteiger partial charge in [-0.3, -0.25) is 20.4 Å². The van der Waals surface area contributed by atoms with E-state index in [1.165, 1.54) is 7.11 Å². The van der Waals surface area contributed by atoms with Gasteiger partial charge in [-0.15, -0.1) is 0 Å². The molecule has 1 atom stereocenters. The highest BCUT2D eigenvalue weighted by Gasteiger charge is 2.35. The number of halogens is 2. The van der Waals surface area contributed by atoms with Crippen LogP contribution in [0.2, 0.25) is 10.0 Å². The smallest absolute Gasteiger partial charge is 0.243 e. The fourth-order valence-corrected chi connectivity index (χ4v) is 4.11. The molecule has 0 aromatic heterocycles. The van der Waals surface area contributed by atoms with E-state index in [0.29, 0.717) is 39.5 Å². The summed E-state index contributed by atoms with van der Waals surface area (Å²) in [6.07, 6.45) is 0.129. The second-order valence-corrected chi connectivity index (χ2v) is 8.93. The lowest BCUT2D eigenvalue weighted by molar-refractivity contribution is -0.125. The highest BCUT2D eigenvalue weighted by atomic mass is 35.5. The highest BCUT2D eigenvalue weighted by molar-refractivity contribution is 6.42. The van der Waals surface area contributed by atoms with Crippen LogP contribution in [-0.2, 0) is 16.2 Å². The van der Waals surface area contributed by atoms with E-state index in [2.05, 4.69) is 10.9 Å². The van der Waals surface area contributed by atoms with E-state index in [1.807, 2.05) is 6.07 Å². The van der Waals surface area contributed by atoms with Crippen molar-refractivity contribution < 1.29 is 23.8 Å². The Labute approximate surface area is 219 Å². The topological polar surface area (TPSA) is 89.1 Å². The third-order valence-corrected chi connectivity index (χ3v) is 6.49. The van der Waals surface area contributed by atoms with E-state index < -0.39 is 5.92 Å². The van der Waals surface area contributed by atoms with Gasteiger partial charge in [0, 0.05) is 24.7 Å². The zero-order valence-corrected chi connectivity index (χ0v) is 21.2. The Kier molecular flexibility index (Phi) is 8.07. The highest BCUT2D eigenvalue weighted by Crippen LogP contribution is 2.32. The first kappa shape index (κ1) is 25.5. The van der Waals surface area contributed by atoms with Crippen molar-refractivity contribution in [2.24, 2.45) is 5.92 Å². The fourth-order valence-electron chi connectivity index (χ4n) is 3.79. The largest absolute Gasteiger partial charge is 0.497 e. The molecule has 1 aliphatic rings. The second-order valence-electron chi connectivity index (χ2n) is 8.12. The average molecular weight is 530 g/mol. The zero-order chi connectivity index (χ0) is 25.7. The van der Waals surface area contributed by atoms with Gasteiger partial charge in [0.1, 0.15) is 12.4 Å². The molecule has 0 saturated carbocycles. The summed E-state index contributed by atoms with van der Waals surface area (Å²) in [5, 5.41) is 0.932. The first-order chi connectivity index (χ1) is 17.4. The number of hydrazine groups is 1. The normalized spacial score (nSPS) is 14.9. The number of rotatable bonds is 9. The van der Waals surface area contributed by atoms with E-state index in [0.717, 1.165) is 11.3 Å². The third kappa shape index (κ3) is 5.95. The van der Waals surface area contributed by atoms with Crippen LogP contribution in [-0.4, -0.2) is 32.6 Å². The van der Waals surface area contributed by atoms with Crippen LogP contribution in [0.5, 0.6) is 17.2 Å². The lowest BCUT2D eigenvalue weighted by Crippen LogP contribution is -2.36. The molecule has 1 heterocycles. The minimum absolute atomic E-state index is 0.106. The number of hydrogen-bond donors (Lipinski definition) is 2. The molecule has 10 heteroatoms. The molecule has 4 rings (SSSR count). The standard InChI is InChI=1S/C26H25Cl2N3O5/c1-34-20-7-5-19(6-8-20)31-14-17(12-25(31)32)26(33)30-29-18-4-10-23(24(13-18)35-2)36-15-16-3-9-21(27)22(28)11-16/h3-11,13,17,29H,12,14-15H2,1-2H3,(H,30,33)/t17-/m0/s1. The monoisotopic (exact) mass is 529 g/mol. The molecule has 2 N–H and O–H groups in total. The van der Waals surface area contributed by atoms with Crippen LogP contribution in [0.25, 0.3) is 0 Å². The van der Waals surface area contributed by atoms with Crippen LogP contribution in [0.1, 0.15) is 12.0 Å². The first-order valence-electron chi connectivity index (χ1n) is 11.1. The molecule has 1 aliphatic heterocycles. The van der Waals surface area contributed by atoms with Crippen molar-refractivity contribution in [2.45, 2.75) is 13.0 Å². The molecule has 2 amide bonds. The van der Waals surface area contributed by atoms with Gasteiger partial charge < -0.3 is 19.1 Å². The Morgan fingerprint density at radius 2 is 1.75 bits per heavy atom. The molecule has 0 spiro atoms. The number of nitrogens with one attached hydrogen (secondary N) is 2. The summed E-state index contributed by atoms with van der Waals surface area (Å²) in [7, 11) is 3.11. The lowest BCUT2D eigenvalue weighted by atomic mass is 10.1. The number of anilines is 2. The van der Waals surface area contributed by atoms with Crippen molar-refractivity contribution in [1.29, 1.82) is 0 Å². The summed E-state index contributed by atoms with van der Waals surface area (Å²) in [6, 6.07) is 17.6. The predicted octanol–water partition coefficient (Wildman–Crippen LogP) is 5.09. The maximum Gasteiger partial charge on any atom is 0.243 e. The SMILES string of the molecule is COc1ccc(N2C[C@@H](C(=O)NNc3ccc(OCc4ccc(Cl)c(Cl)c4)c(OC)c3)CC2=O)cc1. The average Bonchev–Trinajstić information content (AvgIpc) is 3.29. The van der Waals surface area contributed by atoms with Gasteiger partial charge in [-0.2, -0.15) is 0 Å². The number of hydrogen-bond acceptors (Lipinski definition) is 6. The molecule has 3 aromatic rings. The third-order valence-electron chi connectivity index (χ3n) is 5.75. The summed E-state index contributed by atoms with van der Waals surface area (Å²) in [6.45, 7) is 0.570. The van der Waals surface area contributed by atoms with Gasteiger partial charge in [0.05, 0.1) is 35.9 Å². The van der Waals surface area contributed by atoms with Crippen molar-refractivity contribution in [3.8, 4) is 17.2 Å². The Bertz CT molecular complexity index is 1250. The van der Waals surface area contributed by atoms with Crippen LogP contribution < -0.4 is 30.0 Å². The quantitative estimate of drug-likeness (QED) is 0.375. The summed E-state index contributed by atoms with van der Waals surface area (Å²) < 4.78 is 16.4. The van der Waals surface area contributed by atoms with Gasteiger partial charge in [0.25, 0.3) is 0 Å². The van der Waals surface area contributed by atoms with Crippen molar-refractivity contribution in [3.05, 3.63) is 76.3 Å². The van der Waals surface area contributed by atoms with Crippen LogP contribution in [0.4, 0.5) is 11.4 Å². The van der Waals surface area contributed by atoms with E-state index in [-0.39, 0.29) is 24.8 Å². The van der Waals surface area contributed by atoms with E-state index >= 15 is 0 Å². The Morgan fingerprint density at radius 3 is 2.44 bits per heavy atom. The Morgan fingerprint density at radius 1 is 0.972 bits per heavy atom. The Hall–Kier alpha value is -3.62. The summed E-state index contributed by atoms with van der Waals surface area (Å²) in [4.78, 5) is 26.8. The predicted molar refractivity (Wildman–Crippen MR) is 139 cm³/mol. The number of benzene rings is 3. The van der Waals surface area contributed by atoms with Gasteiger partial charge in [0.2, 0.25) is 11.8 Å². The van der Waals surface area contributed by atoms with E-state index in [1.54, 1.807) is 66.6 Å². The fraction of sp³-hybridized carbons (Fsp3) is 0.231. The van der Waals surface area contributed by atoms with E-state index in [9.17, 15) is 9.59 Å². The lowest BCUT2D eigenvalue weighted by Gasteiger charge is -2.17. The van der Waals surface area contributed by atoms with Crippen LogP contribution in [0.3, 0.4) is 0 Å². The molecule has 188 valence electrons. The molecule has 36 heavy (non-hydrogen) atoms.